The summed E-state index contributed by atoms with van der Waals surface area (Å²) in [5.41, 5.74) is 10.2. The average molecular weight is 289 g/mol. The zero-order valence-electron chi connectivity index (χ0n) is 11.5. The smallest absolute Gasteiger partial charge is 0.0572 e. The van der Waals surface area contributed by atoms with Crippen LogP contribution in [-0.2, 0) is 0 Å². The number of anilines is 1. The first kappa shape index (κ1) is 14.9. The molecule has 20 heavy (non-hydrogen) atoms. The van der Waals surface area contributed by atoms with E-state index in [9.17, 15) is 0 Å². The monoisotopic (exact) mass is 288 g/mol. The molecule has 2 nitrogen and oxygen atoms in total. The predicted octanol–water partition coefficient (Wildman–Crippen LogP) is 3.76. The summed E-state index contributed by atoms with van der Waals surface area (Å²) in [6, 6.07) is 18.8. The fraction of sp³-hybridized carbons (Fsp3) is 0.294. The highest BCUT2D eigenvalue weighted by Gasteiger charge is 2.19. The van der Waals surface area contributed by atoms with Gasteiger partial charge in [-0.3, -0.25) is 0 Å². The van der Waals surface area contributed by atoms with E-state index in [-0.39, 0.29) is 18.4 Å². The van der Waals surface area contributed by atoms with Crippen LogP contribution in [-0.4, -0.2) is 13.1 Å². The number of benzene rings is 2. The summed E-state index contributed by atoms with van der Waals surface area (Å²) in [5.74, 6) is 0. The third-order valence-corrected chi connectivity index (χ3v) is 3.88. The molecule has 1 fully saturated rings. The Kier molecular flexibility index (Phi) is 5.05. The van der Waals surface area contributed by atoms with Crippen molar-refractivity contribution in [3.05, 3.63) is 65.7 Å². The van der Waals surface area contributed by atoms with Crippen molar-refractivity contribution in [3.63, 3.8) is 0 Å². The Morgan fingerprint density at radius 1 is 0.850 bits per heavy atom. The van der Waals surface area contributed by atoms with E-state index < -0.39 is 0 Å². The molecule has 1 saturated heterocycles. The Morgan fingerprint density at radius 3 is 2.15 bits per heavy atom. The predicted molar refractivity (Wildman–Crippen MR) is 87.6 cm³/mol. The van der Waals surface area contributed by atoms with E-state index in [0.29, 0.717) is 0 Å². The minimum atomic E-state index is -0.0435. The number of nitrogens with zero attached hydrogens (tertiary/aromatic N) is 1. The number of para-hydroxylation sites is 1. The minimum absolute atomic E-state index is 0. The number of hydrogen-bond donors (Lipinski definition) is 1. The first-order valence-corrected chi connectivity index (χ1v) is 7.00. The molecule has 0 saturated carbocycles. The Hall–Kier alpha value is -1.51. The van der Waals surface area contributed by atoms with Crippen molar-refractivity contribution in [2.45, 2.75) is 18.9 Å². The van der Waals surface area contributed by atoms with Crippen molar-refractivity contribution < 1.29 is 0 Å². The number of hydrogen-bond acceptors (Lipinski definition) is 2. The molecule has 0 spiro atoms. The van der Waals surface area contributed by atoms with Crippen molar-refractivity contribution in [1.29, 1.82) is 0 Å². The minimum Gasteiger partial charge on any atom is -0.371 e. The maximum Gasteiger partial charge on any atom is 0.0572 e. The van der Waals surface area contributed by atoms with Gasteiger partial charge in [0.25, 0.3) is 0 Å². The van der Waals surface area contributed by atoms with Gasteiger partial charge >= 0.3 is 0 Å². The maximum atomic E-state index is 6.46. The number of rotatable bonds is 3. The third kappa shape index (κ3) is 2.97. The van der Waals surface area contributed by atoms with Gasteiger partial charge < -0.3 is 10.6 Å². The van der Waals surface area contributed by atoms with Gasteiger partial charge in [-0.05, 0) is 30.0 Å². The van der Waals surface area contributed by atoms with Gasteiger partial charge in [0.15, 0.2) is 0 Å². The molecule has 106 valence electrons. The van der Waals surface area contributed by atoms with Crippen LogP contribution in [0.25, 0.3) is 0 Å². The molecule has 0 radical (unpaired) electrons. The Labute approximate surface area is 127 Å². The Morgan fingerprint density at radius 2 is 1.45 bits per heavy atom. The summed E-state index contributed by atoms with van der Waals surface area (Å²) in [7, 11) is 0. The van der Waals surface area contributed by atoms with Crippen LogP contribution in [0.15, 0.2) is 54.6 Å². The lowest BCUT2D eigenvalue weighted by molar-refractivity contribution is 0.850. The van der Waals surface area contributed by atoms with Crippen LogP contribution in [0, 0.1) is 0 Å². The van der Waals surface area contributed by atoms with Crippen LogP contribution in [0.1, 0.15) is 30.0 Å². The van der Waals surface area contributed by atoms with E-state index in [4.69, 9.17) is 5.73 Å². The number of nitrogens with two attached hydrogens (primary N) is 1. The fourth-order valence-corrected chi connectivity index (χ4v) is 2.84. The van der Waals surface area contributed by atoms with E-state index in [0.717, 1.165) is 13.1 Å². The van der Waals surface area contributed by atoms with Gasteiger partial charge in [-0.25, -0.2) is 0 Å². The van der Waals surface area contributed by atoms with Crippen molar-refractivity contribution in [2.75, 3.05) is 18.0 Å². The lowest BCUT2D eigenvalue weighted by atomic mass is 9.97. The van der Waals surface area contributed by atoms with Crippen LogP contribution >= 0.6 is 12.4 Å². The molecule has 2 N–H and O–H groups in total. The van der Waals surface area contributed by atoms with E-state index in [2.05, 4.69) is 41.3 Å². The summed E-state index contributed by atoms with van der Waals surface area (Å²) < 4.78 is 0. The van der Waals surface area contributed by atoms with E-state index in [1.165, 1.54) is 29.7 Å². The zero-order valence-corrected chi connectivity index (χ0v) is 12.4. The molecule has 3 rings (SSSR count). The highest BCUT2D eigenvalue weighted by molar-refractivity contribution is 5.85. The third-order valence-electron chi connectivity index (χ3n) is 3.88. The molecule has 1 aliphatic rings. The first-order chi connectivity index (χ1) is 9.36. The lowest BCUT2D eigenvalue weighted by Crippen LogP contribution is -2.22. The van der Waals surface area contributed by atoms with Gasteiger partial charge in [0, 0.05) is 18.8 Å². The van der Waals surface area contributed by atoms with Crippen molar-refractivity contribution >= 4 is 18.1 Å². The van der Waals surface area contributed by atoms with E-state index >= 15 is 0 Å². The molecule has 0 aliphatic carbocycles. The second-order valence-electron chi connectivity index (χ2n) is 5.14. The lowest BCUT2D eigenvalue weighted by Gasteiger charge is -2.24. The van der Waals surface area contributed by atoms with E-state index in [1.54, 1.807) is 0 Å². The van der Waals surface area contributed by atoms with Crippen molar-refractivity contribution in [1.82, 2.24) is 0 Å². The largest absolute Gasteiger partial charge is 0.371 e. The molecule has 0 amide bonds. The van der Waals surface area contributed by atoms with Crippen LogP contribution in [0.4, 0.5) is 5.69 Å². The van der Waals surface area contributed by atoms with Gasteiger partial charge in [-0.1, -0.05) is 48.5 Å². The summed E-state index contributed by atoms with van der Waals surface area (Å²) in [6.07, 6.45) is 2.57. The molecule has 1 aliphatic heterocycles. The zero-order chi connectivity index (χ0) is 13.1. The quantitative estimate of drug-likeness (QED) is 0.932. The molecule has 0 bridgehead atoms. The summed E-state index contributed by atoms with van der Waals surface area (Å²) in [6.45, 7) is 2.30. The van der Waals surface area contributed by atoms with Crippen LogP contribution in [0.2, 0.25) is 0 Å². The van der Waals surface area contributed by atoms with Crippen molar-refractivity contribution in [2.24, 2.45) is 5.73 Å². The molecular weight excluding hydrogens is 268 g/mol. The molecule has 2 aromatic carbocycles. The topological polar surface area (TPSA) is 29.3 Å². The SMILES string of the molecule is Cl.NC(c1ccccc1)c1ccccc1N1CCCC1. The second-order valence-corrected chi connectivity index (χ2v) is 5.14. The molecule has 0 aromatic heterocycles. The Bertz CT molecular complexity index is 536. The molecule has 1 atom stereocenters. The fourth-order valence-electron chi connectivity index (χ4n) is 2.84. The molecule has 1 unspecified atom stereocenters. The van der Waals surface area contributed by atoms with Gasteiger partial charge in [0.1, 0.15) is 0 Å². The maximum absolute atomic E-state index is 6.46. The number of halogens is 1. The van der Waals surface area contributed by atoms with Gasteiger partial charge in [0.05, 0.1) is 6.04 Å². The Balaban J connectivity index is 0.00000147. The van der Waals surface area contributed by atoms with E-state index in [1.807, 2.05) is 18.2 Å². The molecule has 1 heterocycles. The van der Waals surface area contributed by atoms with Crippen molar-refractivity contribution in [3.8, 4) is 0 Å². The average Bonchev–Trinajstić information content (AvgIpc) is 3.01. The molecule has 3 heteroatoms. The second kappa shape index (κ2) is 6.78. The first-order valence-electron chi connectivity index (χ1n) is 7.00. The highest BCUT2D eigenvalue weighted by Crippen LogP contribution is 2.31. The summed E-state index contributed by atoms with van der Waals surface area (Å²) in [5, 5.41) is 0. The van der Waals surface area contributed by atoms with Crippen LogP contribution in [0.5, 0.6) is 0 Å². The summed E-state index contributed by atoms with van der Waals surface area (Å²) >= 11 is 0. The normalized spacial score (nSPS) is 15.8. The van der Waals surface area contributed by atoms with Gasteiger partial charge in [0.2, 0.25) is 0 Å². The van der Waals surface area contributed by atoms with Crippen LogP contribution in [0.3, 0.4) is 0 Å². The molecule has 2 aromatic rings. The summed E-state index contributed by atoms with van der Waals surface area (Å²) in [4.78, 5) is 2.46. The highest BCUT2D eigenvalue weighted by atomic mass is 35.5. The van der Waals surface area contributed by atoms with Gasteiger partial charge in [-0.15, -0.1) is 12.4 Å². The standard InChI is InChI=1S/C17H20N2.ClH/c18-17(14-8-2-1-3-9-14)15-10-4-5-11-16(15)19-12-6-7-13-19;/h1-5,8-11,17H,6-7,12-13,18H2;1H. The van der Waals surface area contributed by atoms with Crippen LogP contribution < -0.4 is 10.6 Å². The van der Waals surface area contributed by atoms with Gasteiger partial charge in [-0.2, -0.15) is 0 Å². The molecular formula is C17H21ClN2.